The predicted molar refractivity (Wildman–Crippen MR) is 52.6 cm³/mol. The van der Waals surface area contributed by atoms with Gasteiger partial charge in [-0.1, -0.05) is 13.8 Å². The molecule has 0 spiro atoms. The molecule has 0 aromatic rings. The van der Waals surface area contributed by atoms with E-state index in [1.54, 1.807) is 0 Å². The van der Waals surface area contributed by atoms with Crippen molar-refractivity contribution in [3.05, 3.63) is 0 Å². The van der Waals surface area contributed by atoms with Gasteiger partial charge in [0.2, 0.25) is 0 Å². The monoisotopic (exact) mass is 226 g/mol. The fourth-order valence-electron chi connectivity index (χ4n) is 0.650. The summed E-state index contributed by atoms with van der Waals surface area (Å²) in [6, 6.07) is 0. The Morgan fingerprint density at radius 1 is 1.15 bits per heavy atom. The Kier molecular flexibility index (Phi) is 7.78. The summed E-state index contributed by atoms with van der Waals surface area (Å²) in [6.45, 7) is 4.60. The maximum absolute atomic E-state index is 11.7. The molecule has 0 amide bonds. The van der Waals surface area contributed by atoms with Crippen LogP contribution in [0.5, 0.6) is 0 Å². The summed E-state index contributed by atoms with van der Waals surface area (Å²) in [7, 11) is -3.27. The maximum Gasteiger partial charge on any atom is 0.342 e. The molecular formula is C7H16O4P2. The van der Waals surface area contributed by atoms with E-state index in [-0.39, 0.29) is 14.4 Å². The van der Waals surface area contributed by atoms with Crippen molar-refractivity contribution in [2.75, 3.05) is 19.1 Å². The van der Waals surface area contributed by atoms with Crippen molar-refractivity contribution in [1.29, 1.82) is 0 Å². The molecule has 0 aromatic carbocycles. The van der Waals surface area contributed by atoms with Crippen LogP contribution in [0.15, 0.2) is 0 Å². The Hall–Kier alpha value is 0.250. The van der Waals surface area contributed by atoms with Crippen LogP contribution in [-0.4, -0.2) is 19.1 Å². The second-order valence-electron chi connectivity index (χ2n) is 2.55. The lowest BCUT2D eigenvalue weighted by molar-refractivity contribution is 0.208. The molecule has 13 heavy (non-hydrogen) atoms. The van der Waals surface area contributed by atoms with Crippen molar-refractivity contribution in [2.45, 2.75) is 26.7 Å². The molecule has 0 saturated heterocycles. The van der Waals surface area contributed by atoms with E-state index in [0.29, 0.717) is 13.2 Å². The summed E-state index contributed by atoms with van der Waals surface area (Å²) < 4.78 is 32.1. The van der Waals surface area contributed by atoms with Gasteiger partial charge in [0.1, 0.15) is 5.90 Å². The quantitative estimate of drug-likeness (QED) is 0.596. The second-order valence-corrected chi connectivity index (χ2v) is 5.68. The van der Waals surface area contributed by atoms with Crippen LogP contribution in [0.25, 0.3) is 0 Å². The van der Waals surface area contributed by atoms with Gasteiger partial charge in [0.05, 0.1) is 13.2 Å². The molecule has 0 unspecified atom stereocenters. The van der Waals surface area contributed by atoms with Crippen molar-refractivity contribution in [2.24, 2.45) is 0 Å². The first kappa shape index (κ1) is 13.2. The minimum Gasteiger partial charge on any atom is -0.308 e. The van der Waals surface area contributed by atoms with Gasteiger partial charge in [-0.2, -0.15) is 0 Å². The minimum absolute atomic E-state index is 0.0486. The second kappa shape index (κ2) is 7.64. The van der Waals surface area contributed by atoms with E-state index in [1.165, 1.54) is 0 Å². The molecule has 0 bridgehead atoms. The molecule has 0 atom stereocenters. The SMILES string of the molecule is CCCOP(=O)(CP=O)OCCC. The van der Waals surface area contributed by atoms with Crippen molar-refractivity contribution < 1.29 is 18.2 Å². The highest BCUT2D eigenvalue weighted by Gasteiger charge is 2.23. The van der Waals surface area contributed by atoms with Crippen molar-refractivity contribution >= 4 is 16.1 Å². The first-order valence-electron chi connectivity index (χ1n) is 4.35. The van der Waals surface area contributed by atoms with E-state index in [9.17, 15) is 9.13 Å². The highest BCUT2D eigenvalue weighted by Crippen LogP contribution is 2.50. The van der Waals surface area contributed by atoms with Crippen LogP contribution in [0.2, 0.25) is 0 Å². The standard InChI is InChI=1S/C7H16O4P2/c1-3-5-10-13(9,7-12-8)11-6-4-2/h3-7H2,1-2H3. The summed E-state index contributed by atoms with van der Waals surface area (Å²) in [5.74, 6) is -0.0486. The molecule has 0 rings (SSSR count). The van der Waals surface area contributed by atoms with E-state index in [1.807, 2.05) is 13.8 Å². The Morgan fingerprint density at radius 3 is 1.92 bits per heavy atom. The molecule has 0 saturated carbocycles. The summed E-state index contributed by atoms with van der Waals surface area (Å²) >= 11 is 0. The minimum atomic E-state index is -3.08. The van der Waals surface area contributed by atoms with E-state index in [4.69, 9.17) is 9.05 Å². The van der Waals surface area contributed by atoms with Crippen molar-refractivity contribution in [3.63, 3.8) is 0 Å². The van der Waals surface area contributed by atoms with Gasteiger partial charge >= 0.3 is 7.60 Å². The summed E-state index contributed by atoms with van der Waals surface area (Å²) in [5.41, 5.74) is 0. The molecule has 0 aromatic heterocycles. The Morgan fingerprint density at radius 2 is 1.62 bits per heavy atom. The van der Waals surface area contributed by atoms with E-state index in [2.05, 4.69) is 0 Å². The summed E-state index contributed by atoms with van der Waals surface area (Å²) in [5, 5.41) is 0. The van der Waals surface area contributed by atoms with Crippen LogP contribution in [0.4, 0.5) is 0 Å². The number of hydrogen-bond donors (Lipinski definition) is 0. The lowest BCUT2D eigenvalue weighted by atomic mass is 10.5. The molecular weight excluding hydrogens is 210 g/mol. The van der Waals surface area contributed by atoms with Gasteiger partial charge in [-0.3, -0.25) is 9.13 Å². The predicted octanol–water partition coefficient (Wildman–Crippen LogP) is 3.28. The molecule has 0 aliphatic heterocycles. The van der Waals surface area contributed by atoms with Gasteiger partial charge in [0.15, 0.2) is 8.46 Å². The van der Waals surface area contributed by atoms with Gasteiger partial charge in [0, 0.05) is 0 Å². The van der Waals surface area contributed by atoms with Crippen LogP contribution >= 0.6 is 16.1 Å². The molecule has 0 N–H and O–H groups in total. The molecule has 0 aliphatic carbocycles. The third kappa shape index (κ3) is 6.34. The average molecular weight is 226 g/mol. The third-order valence-electron chi connectivity index (χ3n) is 1.22. The lowest BCUT2D eigenvalue weighted by Gasteiger charge is -2.14. The van der Waals surface area contributed by atoms with Gasteiger partial charge in [-0.05, 0) is 12.8 Å². The topological polar surface area (TPSA) is 52.6 Å². The zero-order valence-corrected chi connectivity index (χ0v) is 9.85. The van der Waals surface area contributed by atoms with E-state index < -0.39 is 7.60 Å². The number of rotatable bonds is 8. The zero-order chi connectivity index (χ0) is 10.2. The van der Waals surface area contributed by atoms with Crippen LogP contribution in [0.3, 0.4) is 0 Å². The highest BCUT2D eigenvalue weighted by molar-refractivity contribution is 7.62. The van der Waals surface area contributed by atoms with Crippen LogP contribution in [0, 0.1) is 0 Å². The summed E-state index contributed by atoms with van der Waals surface area (Å²) in [4.78, 5) is 0. The Labute approximate surface area is 80.7 Å². The molecule has 6 heteroatoms. The normalized spacial score (nSPS) is 12.2. The fraction of sp³-hybridized carbons (Fsp3) is 1.00. The number of hydrogen-bond acceptors (Lipinski definition) is 4. The molecule has 4 nitrogen and oxygen atoms in total. The van der Waals surface area contributed by atoms with E-state index >= 15 is 0 Å². The lowest BCUT2D eigenvalue weighted by Crippen LogP contribution is -1.99. The molecule has 0 radical (unpaired) electrons. The van der Waals surface area contributed by atoms with Gasteiger partial charge in [-0.15, -0.1) is 0 Å². The molecule has 0 aliphatic rings. The fourth-order valence-corrected chi connectivity index (χ4v) is 2.87. The van der Waals surface area contributed by atoms with Crippen LogP contribution in [0.1, 0.15) is 26.7 Å². The van der Waals surface area contributed by atoms with Gasteiger partial charge < -0.3 is 9.05 Å². The van der Waals surface area contributed by atoms with Gasteiger partial charge in [-0.25, -0.2) is 0 Å². The smallest absolute Gasteiger partial charge is 0.308 e. The Balaban J connectivity index is 3.99. The summed E-state index contributed by atoms with van der Waals surface area (Å²) in [6.07, 6.45) is 1.55. The molecule has 78 valence electrons. The largest absolute Gasteiger partial charge is 0.342 e. The average Bonchev–Trinajstić information content (AvgIpc) is 2.12. The van der Waals surface area contributed by atoms with E-state index in [0.717, 1.165) is 12.8 Å². The first-order valence-corrected chi connectivity index (χ1v) is 7.08. The molecule has 0 heterocycles. The van der Waals surface area contributed by atoms with Gasteiger partial charge in [0.25, 0.3) is 0 Å². The zero-order valence-electron chi connectivity index (χ0n) is 8.06. The Bertz CT molecular complexity index is 171. The molecule has 0 fully saturated rings. The van der Waals surface area contributed by atoms with Crippen molar-refractivity contribution in [3.8, 4) is 0 Å². The maximum atomic E-state index is 11.7. The van der Waals surface area contributed by atoms with Crippen molar-refractivity contribution in [1.82, 2.24) is 0 Å². The first-order chi connectivity index (χ1) is 6.18. The van der Waals surface area contributed by atoms with Crippen LogP contribution in [-0.2, 0) is 18.2 Å². The van der Waals surface area contributed by atoms with Crippen LogP contribution < -0.4 is 0 Å². The third-order valence-corrected chi connectivity index (χ3v) is 4.21. The highest BCUT2D eigenvalue weighted by atomic mass is 31.2.